The SMILES string of the molecule is CC(C)(C)OC(=O)N1CCC[C@]2(COC(=O)N2)[C@H]1COC1CCC(OCc2ccccc2)CC1. The van der Waals surface area contributed by atoms with E-state index >= 15 is 0 Å². The molecule has 34 heavy (non-hydrogen) atoms. The summed E-state index contributed by atoms with van der Waals surface area (Å²) in [7, 11) is 0. The molecule has 188 valence electrons. The van der Waals surface area contributed by atoms with Crippen LogP contribution in [0.5, 0.6) is 0 Å². The molecule has 2 amide bonds. The number of likely N-dealkylation sites (tertiary alicyclic amines) is 1. The van der Waals surface area contributed by atoms with Gasteiger partial charge in [-0.15, -0.1) is 0 Å². The van der Waals surface area contributed by atoms with E-state index in [0.29, 0.717) is 19.8 Å². The predicted molar refractivity (Wildman–Crippen MR) is 126 cm³/mol. The van der Waals surface area contributed by atoms with Crippen molar-refractivity contribution in [2.45, 2.75) is 95.3 Å². The van der Waals surface area contributed by atoms with Crippen LogP contribution in [0.4, 0.5) is 9.59 Å². The molecule has 4 rings (SSSR count). The van der Waals surface area contributed by atoms with Crippen LogP contribution in [0.15, 0.2) is 30.3 Å². The largest absolute Gasteiger partial charge is 0.447 e. The van der Waals surface area contributed by atoms with E-state index < -0.39 is 17.2 Å². The molecule has 1 spiro atoms. The van der Waals surface area contributed by atoms with Crippen LogP contribution in [-0.2, 0) is 25.6 Å². The van der Waals surface area contributed by atoms with Crippen molar-refractivity contribution in [1.29, 1.82) is 0 Å². The number of carbonyl (C=O) groups is 2. The highest BCUT2D eigenvalue weighted by atomic mass is 16.6. The predicted octanol–water partition coefficient (Wildman–Crippen LogP) is 4.41. The van der Waals surface area contributed by atoms with Crippen molar-refractivity contribution in [3.05, 3.63) is 35.9 Å². The second kappa shape index (κ2) is 10.5. The van der Waals surface area contributed by atoms with Gasteiger partial charge in [-0.25, -0.2) is 9.59 Å². The van der Waals surface area contributed by atoms with Crippen molar-refractivity contribution in [3.63, 3.8) is 0 Å². The number of ether oxygens (including phenoxy) is 4. The monoisotopic (exact) mass is 474 g/mol. The van der Waals surface area contributed by atoms with Crippen molar-refractivity contribution >= 4 is 12.2 Å². The zero-order valence-corrected chi connectivity index (χ0v) is 20.6. The molecule has 3 aliphatic rings. The van der Waals surface area contributed by atoms with E-state index in [4.69, 9.17) is 18.9 Å². The molecule has 1 saturated carbocycles. The van der Waals surface area contributed by atoms with E-state index in [0.717, 1.165) is 38.5 Å². The first-order valence-corrected chi connectivity index (χ1v) is 12.5. The molecule has 1 aromatic carbocycles. The smallest absolute Gasteiger partial charge is 0.410 e. The molecule has 2 saturated heterocycles. The second-order valence-electron chi connectivity index (χ2n) is 10.7. The van der Waals surface area contributed by atoms with Crippen molar-refractivity contribution in [2.24, 2.45) is 0 Å². The number of alkyl carbamates (subject to hydrolysis) is 1. The summed E-state index contributed by atoms with van der Waals surface area (Å²) in [5.41, 5.74) is -0.0466. The first-order chi connectivity index (χ1) is 16.2. The summed E-state index contributed by atoms with van der Waals surface area (Å²) >= 11 is 0. The van der Waals surface area contributed by atoms with Gasteiger partial charge in [0.2, 0.25) is 0 Å². The van der Waals surface area contributed by atoms with Crippen molar-refractivity contribution in [1.82, 2.24) is 10.2 Å². The molecule has 0 unspecified atom stereocenters. The van der Waals surface area contributed by atoms with E-state index in [1.807, 2.05) is 39.0 Å². The Morgan fingerprint density at radius 1 is 1.12 bits per heavy atom. The lowest BCUT2D eigenvalue weighted by Gasteiger charge is -2.46. The van der Waals surface area contributed by atoms with Crippen LogP contribution < -0.4 is 5.32 Å². The molecule has 2 heterocycles. The van der Waals surface area contributed by atoms with Gasteiger partial charge in [-0.2, -0.15) is 0 Å². The minimum Gasteiger partial charge on any atom is -0.447 e. The average molecular weight is 475 g/mol. The van der Waals surface area contributed by atoms with E-state index in [2.05, 4.69) is 17.4 Å². The van der Waals surface area contributed by atoms with Gasteiger partial charge in [0.1, 0.15) is 17.7 Å². The van der Waals surface area contributed by atoms with E-state index in [1.165, 1.54) is 5.56 Å². The molecule has 1 N–H and O–H groups in total. The summed E-state index contributed by atoms with van der Waals surface area (Å²) in [6.07, 6.45) is 4.76. The lowest BCUT2D eigenvalue weighted by atomic mass is 9.82. The highest BCUT2D eigenvalue weighted by Gasteiger charge is 2.52. The topological polar surface area (TPSA) is 86.3 Å². The Bertz CT molecular complexity index is 833. The van der Waals surface area contributed by atoms with Gasteiger partial charge < -0.3 is 29.2 Å². The first-order valence-electron chi connectivity index (χ1n) is 12.5. The van der Waals surface area contributed by atoms with Gasteiger partial charge in [0, 0.05) is 6.54 Å². The Morgan fingerprint density at radius 2 is 1.79 bits per heavy atom. The molecule has 0 radical (unpaired) electrons. The van der Waals surface area contributed by atoms with Crippen LogP contribution in [0, 0.1) is 0 Å². The molecular weight excluding hydrogens is 436 g/mol. The molecule has 2 aliphatic heterocycles. The summed E-state index contributed by atoms with van der Waals surface area (Å²) in [6.45, 7) is 7.34. The maximum Gasteiger partial charge on any atom is 0.410 e. The Kier molecular flexibility index (Phi) is 7.67. The first kappa shape index (κ1) is 24.8. The number of carbonyl (C=O) groups excluding carboxylic acids is 2. The van der Waals surface area contributed by atoms with Crippen LogP contribution >= 0.6 is 0 Å². The van der Waals surface area contributed by atoms with E-state index in [1.54, 1.807) is 4.90 Å². The third-order valence-corrected chi connectivity index (χ3v) is 6.92. The molecule has 8 heteroatoms. The third kappa shape index (κ3) is 6.21. The Morgan fingerprint density at radius 3 is 2.41 bits per heavy atom. The van der Waals surface area contributed by atoms with Crippen LogP contribution in [0.25, 0.3) is 0 Å². The maximum absolute atomic E-state index is 13.0. The van der Waals surface area contributed by atoms with Crippen LogP contribution in [0.2, 0.25) is 0 Å². The van der Waals surface area contributed by atoms with Gasteiger partial charge >= 0.3 is 12.2 Å². The molecule has 0 bridgehead atoms. The highest BCUT2D eigenvalue weighted by Crippen LogP contribution is 2.34. The van der Waals surface area contributed by atoms with Crippen LogP contribution in [0.3, 0.4) is 0 Å². The summed E-state index contributed by atoms with van der Waals surface area (Å²) in [6, 6.07) is 9.89. The van der Waals surface area contributed by atoms with Gasteiger partial charge in [-0.05, 0) is 64.9 Å². The van der Waals surface area contributed by atoms with Gasteiger partial charge in [0.25, 0.3) is 0 Å². The number of hydrogen-bond donors (Lipinski definition) is 1. The second-order valence-corrected chi connectivity index (χ2v) is 10.7. The lowest BCUT2D eigenvalue weighted by molar-refractivity contribution is -0.0728. The van der Waals surface area contributed by atoms with Crippen LogP contribution in [-0.4, -0.2) is 66.2 Å². The fourth-order valence-corrected chi connectivity index (χ4v) is 5.14. The highest BCUT2D eigenvalue weighted by molar-refractivity contribution is 5.73. The zero-order chi connectivity index (χ0) is 24.2. The zero-order valence-electron chi connectivity index (χ0n) is 20.6. The minimum absolute atomic E-state index is 0.106. The normalized spacial score (nSPS) is 29.6. The third-order valence-electron chi connectivity index (χ3n) is 6.92. The van der Waals surface area contributed by atoms with Gasteiger partial charge in [0.05, 0.1) is 31.5 Å². The fourth-order valence-electron chi connectivity index (χ4n) is 5.14. The van der Waals surface area contributed by atoms with Gasteiger partial charge in [-0.3, -0.25) is 0 Å². The number of rotatable bonds is 6. The summed E-state index contributed by atoms with van der Waals surface area (Å²) in [5.74, 6) is 0. The lowest BCUT2D eigenvalue weighted by Crippen LogP contribution is -2.66. The van der Waals surface area contributed by atoms with Gasteiger partial charge in [-0.1, -0.05) is 30.3 Å². The summed E-state index contributed by atoms with van der Waals surface area (Å²) in [4.78, 5) is 26.7. The Balaban J connectivity index is 1.33. The molecule has 2 atom stereocenters. The number of amides is 2. The van der Waals surface area contributed by atoms with Crippen LogP contribution in [0.1, 0.15) is 64.9 Å². The number of nitrogens with zero attached hydrogens (tertiary/aromatic N) is 1. The quantitative estimate of drug-likeness (QED) is 0.657. The molecular formula is C26H38N2O6. The molecule has 0 aromatic heterocycles. The number of benzene rings is 1. The van der Waals surface area contributed by atoms with E-state index in [9.17, 15) is 9.59 Å². The number of hydrogen-bond acceptors (Lipinski definition) is 6. The summed E-state index contributed by atoms with van der Waals surface area (Å²) in [5, 5.41) is 2.98. The molecule has 8 nitrogen and oxygen atoms in total. The Labute approximate surface area is 202 Å². The number of cyclic esters (lactones) is 1. The summed E-state index contributed by atoms with van der Waals surface area (Å²) < 4.78 is 23.4. The molecule has 1 aromatic rings. The van der Waals surface area contributed by atoms with Crippen molar-refractivity contribution in [3.8, 4) is 0 Å². The number of nitrogens with one attached hydrogen (secondary N) is 1. The minimum atomic E-state index is -0.637. The molecule has 3 fully saturated rings. The molecule has 1 aliphatic carbocycles. The van der Waals surface area contributed by atoms with Crippen molar-refractivity contribution in [2.75, 3.05) is 19.8 Å². The number of piperidine rings is 1. The maximum atomic E-state index is 13.0. The van der Waals surface area contributed by atoms with Gasteiger partial charge in [0.15, 0.2) is 0 Å². The Hall–Kier alpha value is -2.32. The standard InChI is InChI=1S/C26H38N2O6/c1-25(2,3)34-24(30)28-15-7-14-26(18-33-23(29)27-26)22(28)17-32-21-12-10-20(11-13-21)31-16-19-8-5-4-6-9-19/h4-6,8-9,20-22H,7,10-18H2,1-3H3,(H,27,29)/t20?,21?,22-,26+/m1/s1. The fraction of sp³-hybridized carbons (Fsp3) is 0.692. The van der Waals surface area contributed by atoms with E-state index in [-0.39, 0.29) is 30.9 Å². The average Bonchev–Trinajstić information content (AvgIpc) is 3.17. The van der Waals surface area contributed by atoms with Crippen molar-refractivity contribution < 1.29 is 28.5 Å².